The van der Waals surface area contributed by atoms with Crippen LogP contribution in [0.2, 0.25) is 0 Å². The molecule has 176 valence electrons. The van der Waals surface area contributed by atoms with Gasteiger partial charge in [-0.2, -0.15) is 0 Å². The molecule has 0 aliphatic carbocycles. The van der Waals surface area contributed by atoms with Gasteiger partial charge in [0.1, 0.15) is 18.3 Å². The number of anilines is 1. The fraction of sp³-hybridized carbons (Fsp3) is 0.696. The predicted molar refractivity (Wildman–Crippen MR) is 117 cm³/mol. The lowest BCUT2D eigenvalue weighted by atomic mass is 9.99. The van der Waals surface area contributed by atoms with Gasteiger partial charge in [-0.05, 0) is 30.7 Å². The third-order valence-electron chi connectivity index (χ3n) is 5.46. The van der Waals surface area contributed by atoms with Gasteiger partial charge in [0, 0.05) is 26.4 Å². The first kappa shape index (κ1) is 25.5. The van der Waals surface area contributed by atoms with Crippen molar-refractivity contribution >= 4 is 11.7 Å². The van der Waals surface area contributed by atoms with Crippen LogP contribution in [0.15, 0.2) is 24.3 Å². The smallest absolute Gasteiger partial charge is 0.338 e. The first-order chi connectivity index (χ1) is 14.9. The van der Waals surface area contributed by atoms with Crippen LogP contribution in [0.4, 0.5) is 5.69 Å². The number of aliphatic hydroxyl groups is 3. The first-order valence-electron chi connectivity index (χ1n) is 11.1. The second-order valence-corrected chi connectivity index (χ2v) is 8.16. The van der Waals surface area contributed by atoms with Gasteiger partial charge < -0.3 is 34.4 Å². The second kappa shape index (κ2) is 13.0. The molecule has 31 heavy (non-hydrogen) atoms. The van der Waals surface area contributed by atoms with Crippen LogP contribution in [0, 0.1) is 0 Å². The Kier molecular flexibility index (Phi) is 10.7. The summed E-state index contributed by atoms with van der Waals surface area (Å²) in [6.07, 6.45) is 0.420. The van der Waals surface area contributed by atoms with Crippen LogP contribution >= 0.6 is 0 Å². The normalized spacial score (nSPS) is 25.9. The van der Waals surface area contributed by atoms with Gasteiger partial charge in [-0.3, -0.25) is 0 Å². The van der Waals surface area contributed by atoms with Crippen molar-refractivity contribution in [1.82, 2.24) is 0 Å². The van der Waals surface area contributed by atoms with Gasteiger partial charge in [0.15, 0.2) is 12.4 Å². The maximum Gasteiger partial charge on any atom is 0.338 e. The third-order valence-corrected chi connectivity index (χ3v) is 5.46. The molecule has 0 saturated carbocycles. The molecule has 8 heteroatoms. The van der Waals surface area contributed by atoms with Crippen molar-refractivity contribution in [2.45, 2.75) is 76.2 Å². The molecule has 1 saturated heterocycles. The molecular formula is C23H37NO7. The van der Waals surface area contributed by atoms with Crippen LogP contribution in [-0.4, -0.2) is 79.3 Å². The van der Waals surface area contributed by atoms with E-state index in [1.165, 1.54) is 19.3 Å². The molecule has 1 aliphatic heterocycles. The molecule has 1 aromatic rings. The molecule has 2 rings (SSSR count). The molecule has 5 atom stereocenters. The molecule has 1 aromatic carbocycles. The van der Waals surface area contributed by atoms with E-state index in [4.69, 9.17) is 14.2 Å². The minimum Gasteiger partial charge on any atom is -0.453 e. The Morgan fingerprint density at radius 1 is 1.03 bits per heavy atom. The number of benzene rings is 1. The van der Waals surface area contributed by atoms with E-state index in [0.29, 0.717) is 12.2 Å². The van der Waals surface area contributed by atoms with E-state index in [0.717, 1.165) is 24.9 Å². The van der Waals surface area contributed by atoms with Gasteiger partial charge in [-0.15, -0.1) is 0 Å². The van der Waals surface area contributed by atoms with Crippen molar-refractivity contribution in [3.05, 3.63) is 29.8 Å². The number of esters is 1. The number of aliphatic hydroxyl groups excluding tert-OH is 3. The highest BCUT2D eigenvalue weighted by Crippen LogP contribution is 2.26. The van der Waals surface area contributed by atoms with Crippen molar-refractivity contribution in [2.24, 2.45) is 0 Å². The van der Waals surface area contributed by atoms with Gasteiger partial charge in [0.05, 0.1) is 12.2 Å². The zero-order valence-corrected chi connectivity index (χ0v) is 18.8. The fourth-order valence-corrected chi connectivity index (χ4v) is 3.51. The average Bonchev–Trinajstić information content (AvgIpc) is 2.77. The molecule has 0 aromatic heterocycles. The molecular weight excluding hydrogens is 402 g/mol. The minimum atomic E-state index is -1.44. The Morgan fingerprint density at radius 3 is 2.29 bits per heavy atom. The molecule has 0 amide bonds. The van der Waals surface area contributed by atoms with Crippen molar-refractivity contribution < 1.29 is 34.3 Å². The summed E-state index contributed by atoms with van der Waals surface area (Å²) in [6, 6.07) is 6.78. The molecule has 8 nitrogen and oxygen atoms in total. The van der Waals surface area contributed by atoms with Gasteiger partial charge in [0.25, 0.3) is 0 Å². The van der Waals surface area contributed by atoms with Crippen LogP contribution in [-0.2, 0) is 14.2 Å². The standard InChI is InChI=1S/C23H37NO7/c1-4-5-6-7-8-9-14-29-23-20(27)19(26)21(18(15-25)30-23)31-22(28)16-10-12-17(13-11-16)24(2)3/h10-13,18-21,23,25-27H,4-9,14-15H2,1-3H3/t18-,19-,20-,21-,23-/m1/s1. The van der Waals surface area contributed by atoms with Gasteiger partial charge >= 0.3 is 5.97 Å². The molecule has 0 radical (unpaired) electrons. The highest BCUT2D eigenvalue weighted by molar-refractivity contribution is 5.90. The monoisotopic (exact) mass is 439 g/mol. The second-order valence-electron chi connectivity index (χ2n) is 8.16. The lowest BCUT2D eigenvalue weighted by Gasteiger charge is -2.41. The van der Waals surface area contributed by atoms with E-state index in [1.807, 2.05) is 19.0 Å². The SMILES string of the molecule is CCCCCCCCO[C@@H]1O[C@H](CO)[C@@H](OC(=O)c2ccc(N(C)C)cc2)[C@H](O)[C@H]1O. The Labute approximate surface area is 184 Å². The number of carbonyl (C=O) groups excluding carboxylic acids is 1. The van der Waals surface area contributed by atoms with Crippen LogP contribution in [0.3, 0.4) is 0 Å². The number of nitrogens with zero attached hydrogens (tertiary/aromatic N) is 1. The highest BCUT2D eigenvalue weighted by Gasteiger charge is 2.47. The molecule has 0 spiro atoms. The first-order valence-corrected chi connectivity index (χ1v) is 11.1. The zero-order valence-electron chi connectivity index (χ0n) is 18.8. The summed E-state index contributed by atoms with van der Waals surface area (Å²) in [4.78, 5) is 14.4. The van der Waals surface area contributed by atoms with E-state index in [1.54, 1.807) is 24.3 Å². The molecule has 1 heterocycles. The van der Waals surface area contributed by atoms with Gasteiger partial charge in [-0.1, -0.05) is 39.0 Å². The maximum absolute atomic E-state index is 12.5. The molecule has 1 fully saturated rings. The van der Waals surface area contributed by atoms with E-state index < -0.39 is 43.3 Å². The number of hydrogen-bond acceptors (Lipinski definition) is 8. The molecule has 0 bridgehead atoms. The lowest BCUT2D eigenvalue weighted by Crippen LogP contribution is -2.60. The quantitative estimate of drug-likeness (QED) is 0.336. The number of carbonyl (C=O) groups is 1. The largest absolute Gasteiger partial charge is 0.453 e. The summed E-state index contributed by atoms with van der Waals surface area (Å²) in [5, 5.41) is 30.6. The van der Waals surface area contributed by atoms with E-state index in [2.05, 4.69) is 6.92 Å². The topological polar surface area (TPSA) is 109 Å². The summed E-state index contributed by atoms with van der Waals surface area (Å²) in [5.74, 6) is -0.671. The van der Waals surface area contributed by atoms with Crippen LogP contribution in [0.5, 0.6) is 0 Å². The number of ether oxygens (including phenoxy) is 3. The van der Waals surface area contributed by atoms with E-state index in [-0.39, 0.29) is 0 Å². The summed E-state index contributed by atoms with van der Waals surface area (Å²) in [7, 11) is 3.78. The predicted octanol–water partition coefficient (Wildman–Crippen LogP) is 2.09. The summed E-state index contributed by atoms with van der Waals surface area (Å²) in [6.45, 7) is 2.05. The van der Waals surface area contributed by atoms with Crippen LogP contribution < -0.4 is 4.90 Å². The third kappa shape index (κ3) is 7.43. The van der Waals surface area contributed by atoms with Gasteiger partial charge in [0.2, 0.25) is 0 Å². The van der Waals surface area contributed by atoms with Gasteiger partial charge in [-0.25, -0.2) is 4.79 Å². The minimum absolute atomic E-state index is 0.297. The Hall–Kier alpha value is -1.71. The molecule has 3 N–H and O–H groups in total. The van der Waals surface area contributed by atoms with Crippen LogP contribution in [0.25, 0.3) is 0 Å². The highest BCUT2D eigenvalue weighted by atomic mass is 16.7. The summed E-state index contributed by atoms with van der Waals surface area (Å²) < 4.78 is 16.6. The lowest BCUT2D eigenvalue weighted by molar-refractivity contribution is -0.300. The zero-order chi connectivity index (χ0) is 22.8. The van der Waals surface area contributed by atoms with Crippen molar-refractivity contribution in [1.29, 1.82) is 0 Å². The van der Waals surface area contributed by atoms with Crippen LogP contribution in [0.1, 0.15) is 55.8 Å². The van der Waals surface area contributed by atoms with Crippen molar-refractivity contribution in [3.8, 4) is 0 Å². The Bertz CT molecular complexity index is 650. The summed E-state index contributed by atoms with van der Waals surface area (Å²) in [5.41, 5.74) is 1.22. The number of unbranched alkanes of at least 4 members (excludes halogenated alkanes) is 5. The number of rotatable bonds is 12. The Morgan fingerprint density at radius 2 is 1.68 bits per heavy atom. The van der Waals surface area contributed by atoms with E-state index in [9.17, 15) is 20.1 Å². The Balaban J connectivity index is 1.89. The molecule has 0 unspecified atom stereocenters. The van der Waals surface area contributed by atoms with E-state index >= 15 is 0 Å². The van der Waals surface area contributed by atoms with Crippen molar-refractivity contribution in [2.75, 3.05) is 32.2 Å². The average molecular weight is 440 g/mol. The maximum atomic E-state index is 12.5. The number of hydrogen-bond donors (Lipinski definition) is 3. The van der Waals surface area contributed by atoms with Crippen molar-refractivity contribution in [3.63, 3.8) is 0 Å². The fourth-order valence-electron chi connectivity index (χ4n) is 3.51. The molecule has 1 aliphatic rings. The summed E-state index contributed by atoms with van der Waals surface area (Å²) >= 11 is 0.